The number of rotatable bonds is 2. The number of aromatic amines is 1. The predicted octanol–water partition coefficient (Wildman–Crippen LogP) is 0.109. The van der Waals surface area contributed by atoms with Gasteiger partial charge in [0.2, 0.25) is 0 Å². The number of nitrogens with one attached hydrogen (secondary N) is 2. The van der Waals surface area contributed by atoms with Crippen molar-refractivity contribution in [3.05, 3.63) is 17.0 Å². The topological polar surface area (TPSA) is 60.9 Å². The van der Waals surface area contributed by atoms with Crippen molar-refractivity contribution < 1.29 is 5.11 Å². The van der Waals surface area contributed by atoms with Gasteiger partial charge in [0.15, 0.2) is 0 Å². The maximum Gasteiger partial charge on any atom is 0.0830 e. The molecule has 0 fully saturated rings. The number of aliphatic hydroxyl groups is 1. The summed E-state index contributed by atoms with van der Waals surface area (Å²) in [5.74, 6) is 0. The Hall–Kier alpha value is -0.870. The van der Waals surface area contributed by atoms with Crippen LogP contribution in [-0.4, -0.2) is 22.4 Å². The van der Waals surface area contributed by atoms with E-state index >= 15 is 0 Å². The smallest absolute Gasteiger partial charge is 0.0830 e. The van der Waals surface area contributed by atoms with Gasteiger partial charge in [-0.1, -0.05) is 0 Å². The van der Waals surface area contributed by atoms with Crippen LogP contribution in [-0.2, 0) is 13.0 Å². The van der Waals surface area contributed by atoms with E-state index in [0.29, 0.717) is 0 Å². The highest BCUT2D eigenvalue weighted by Gasteiger charge is 2.25. The fourth-order valence-electron chi connectivity index (χ4n) is 1.74. The molecule has 1 aromatic rings. The van der Waals surface area contributed by atoms with Gasteiger partial charge < -0.3 is 10.4 Å². The third-order valence-corrected chi connectivity index (χ3v) is 2.31. The van der Waals surface area contributed by atoms with Gasteiger partial charge in [-0.3, -0.25) is 5.10 Å². The first kappa shape index (κ1) is 7.76. The third-order valence-electron chi connectivity index (χ3n) is 2.31. The molecule has 0 amide bonds. The first-order valence-electron chi connectivity index (χ1n) is 4.21. The lowest BCUT2D eigenvalue weighted by atomic mass is 10.1. The Kier molecular flexibility index (Phi) is 1.86. The fourth-order valence-corrected chi connectivity index (χ4v) is 1.74. The van der Waals surface area contributed by atoms with Crippen LogP contribution in [0.25, 0.3) is 0 Å². The van der Waals surface area contributed by atoms with E-state index < -0.39 is 0 Å². The molecule has 1 aromatic heterocycles. The molecule has 66 valence electrons. The van der Waals surface area contributed by atoms with E-state index in [9.17, 15) is 5.11 Å². The molecule has 1 unspecified atom stereocenters. The van der Waals surface area contributed by atoms with Gasteiger partial charge in [0, 0.05) is 17.8 Å². The quantitative estimate of drug-likeness (QED) is 0.586. The molecule has 0 spiro atoms. The summed E-state index contributed by atoms with van der Waals surface area (Å²) in [4.78, 5) is 0. The lowest BCUT2D eigenvalue weighted by molar-refractivity contribution is 0.178. The van der Waals surface area contributed by atoms with E-state index in [-0.39, 0.29) is 6.10 Å². The molecule has 0 saturated heterocycles. The van der Waals surface area contributed by atoms with Gasteiger partial charge in [0.1, 0.15) is 0 Å². The van der Waals surface area contributed by atoms with Gasteiger partial charge in [0.05, 0.1) is 11.8 Å². The molecule has 3 N–H and O–H groups in total. The van der Waals surface area contributed by atoms with Crippen molar-refractivity contribution in [2.45, 2.75) is 25.5 Å². The lowest BCUT2D eigenvalue weighted by Crippen LogP contribution is -2.08. The number of aliphatic hydroxyl groups excluding tert-OH is 1. The Balaban J connectivity index is 2.32. The Bertz CT molecular complexity index is 282. The van der Waals surface area contributed by atoms with Crippen LogP contribution >= 0.6 is 0 Å². The number of hydrogen-bond acceptors (Lipinski definition) is 3. The summed E-state index contributed by atoms with van der Waals surface area (Å²) >= 11 is 0. The molecule has 1 aliphatic rings. The summed E-state index contributed by atoms with van der Waals surface area (Å²) in [5.41, 5.74) is 3.08. The predicted molar refractivity (Wildman–Crippen MR) is 44.6 cm³/mol. The van der Waals surface area contributed by atoms with Crippen LogP contribution in [0, 0.1) is 0 Å². The minimum absolute atomic E-state index is 0.304. The van der Waals surface area contributed by atoms with Gasteiger partial charge >= 0.3 is 0 Å². The zero-order valence-corrected chi connectivity index (χ0v) is 7.09. The van der Waals surface area contributed by atoms with E-state index in [1.807, 2.05) is 7.05 Å². The molecule has 0 bridgehead atoms. The summed E-state index contributed by atoms with van der Waals surface area (Å²) < 4.78 is 0. The SMILES string of the molecule is CNCc1n[nH]c2c1C(O)CC2. The second-order valence-corrected chi connectivity index (χ2v) is 3.15. The van der Waals surface area contributed by atoms with Crippen LogP contribution in [0.3, 0.4) is 0 Å². The van der Waals surface area contributed by atoms with E-state index in [2.05, 4.69) is 15.5 Å². The number of aromatic nitrogens is 2. The maximum absolute atomic E-state index is 9.59. The van der Waals surface area contributed by atoms with Gasteiger partial charge in [-0.15, -0.1) is 0 Å². The molecular formula is C8H13N3O. The Labute approximate surface area is 71.0 Å². The Morgan fingerprint density at radius 1 is 1.75 bits per heavy atom. The monoisotopic (exact) mass is 167 g/mol. The lowest BCUT2D eigenvalue weighted by Gasteiger charge is -2.02. The minimum atomic E-state index is -0.304. The molecule has 1 aliphatic carbocycles. The van der Waals surface area contributed by atoms with Crippen molar-refractivity contribution in [1.29, 1.82) is 0 Å². The molecule has 0 radical (unpaired) electrons. The van der Waals surface area contributed by atoms with Crippen LogP contribution in [0.1, 0.15) is 29.5 Å². The second-order valence-electron chi connectivity index (χ2n) is 3.15. The number of hydrogen-bond donors (Lipinski definition) is 3. The third kappa shape index (κ3) is 1.04. The molecule has 2 rings (SSSR count). The Morgan fingerprint density at radius 2 is 2.58 bits per heavy atom. The van der Waals surface area contributed by atoms with Crippen molar-refractivity contribution in [1.82, 2.24) is 15.5 Å². The summed E-state index contributed by atoms with van der Waals surface area (Å²) in [6.45, 7) is 0.725. The molecule has 0 saturated carbocycles. The molecular weight excluding hydrogens is 154 g/mol. The van der Waals surface area contributed by atoms with Crippen LogP contribution in [0.5, 0.6) is 0 Å². The van der Waals surface area contributed by atoms with Crippen molar-refractivity contribution in [3.63, 3.8) is 0 Å². The average molecular weight is 167 g/mol. The van der Waals surface area contributed by atoms with Crippen molar-refractivity contribution >= 4 is 0 Å². The normalized spacial score (nSPS) is 21.3. The molecule has 0 aliphatic heterocycles. The van der Waals surface area contributed by atoms with Crippen LogP contribution in [0.15, 0.2) is 0 Å². The highest BCUT2D eigenvalue weighted by Crippen LogP contribution is 2.31. The highest BCUT2D eigenvalue weighted by molar-refractivity contribution is 5.31. The summed E-state index contributed by atoms with van der Waals surface area (Å²) in [7, 11) is 1.88. The first-order chi connectivity index (χ1) is 5.83. The van der Waals surface area contributed by atoms with Gasteiger partial charge in [-0.2, -0.15) is 5.10 Å². The Morgan fingerprint density at radius 3 is 3.33 bits per heavy atom. The zero-order chi connectivity index (χ0) is 8.55. The molecule has 12 heavy (non-hydrogen) atoms. The van der Waals surface area contributed by atoms with E-state index in [4.69, 9.17) is 0 Å². The number of fused-ring (bicyclic) bond motifs is 1. The number of nitrogens with zero attached hydrogens (tertiary/aromatic N) is 1. The van der Waals surface area contributed by atoms with Crippen molar-refractivity contribution in [3.8, 4) is 0 Å². The number of H-pyrrole nitrogens is 1. The summed E-state index contributed by atoms with van der Waals surface area (Å²) in [5, 5.41) is 19.7. The second kappa shape index (κ2) is 2.88. The molecule has 4 nitrogen and oxygen atoms in total. The van der Waals surface area contributed by atoms with E-state index in [1.54, 1.807) is 0 Å². The highest BCUT2D eigenvalue weighted by atomic mass is 16.3. The zero-order valence-electron chi connectivity index (χ0n) is 7.09. The van der Waals surface area contributed by atoms with Crippen LogP contribution in [0.2, 0.25) is 0 Å². The van der Waals surface area contributed by atoms with E-state index in [1.165, 1.54) is 0 Å². The summed E-state index contributed by atoms with van der Waals surface area (Å²) in [6.07, 6.45) is 1.45. The minimum Gasteiger partial charge on any atom is -0.388 e. The maximum atomic E-state index is 9.59. The first-order valence-corrected chi connectivity index (χ1v) is 4.21. The molecule has 0 aromatic carbocycles. The van der Waals surface area contributed by atoms with Gasteiger partial charge in [-0.25, -0.2) is 0 Å². The van der Waals surface area contributed by atoms with Crippen LogP contribution < -0.4 is 5.32 Å². The standard InChI is InChI=1S/C8H13N3O/c1-9-4-6-8-5(10-11-6)2-3-7(8)12/h7,9,12H,2-4H2,1H3,(H,10,11). The molecule has 1 atom stereocenters. The van der Waals surface area contributed by atoms with E-state index in [0.717, 1.165) is 36.3 Å². The van der Waals surface area contributed by atoms with Gasteiger partial charge in [-0.05, 0) is 19.9 Å². The molecule has 1 heterocycles. The largest absolute Gasteiger partial charge is 0.388 e. The molecule has 4 heteroatoms. The van der Waals surface area contributed by atoms with Crippen molar-refractivity contribution in [2.75, 3.05) is 7.05 Å². The van der Waals surface area contributed by atoms with Crippen molar-refractivity contribution in [2.24, 2.45) is 0 Å². The van der Waals surface area contributed by atoms with Gasteiger partial charge in [0.25, 0.3) is 0 Å². The average Bonchev–Trinajstić information content (AvgIpc) is 2.58. The summed E-state index contributed by atoms with van der Waals surface area (Å²) in [6, 6.07) is 0. The fraction of sp³-hybridized carbons (Fsp3) is 0.625. The van der Waals surface area contributed by atoms with Crippen LogP contribution in [0.4, 0.5) is 0 Å². The number of aryl methyl sites for hydroxylation is 1.